The summed E-state index contributed by atoms with van der Waals surface area (Å²) < 4.78 is 18.1. The summed E-state index contributed by atoms with van der Waals surface area (Å²) in [4.78, 5) is 31.4. The van der Waals surface area contributed by atoms with Gasteiger partial charge in [-0.25, -0.2) is 0 Å². The molecule has 0 saturated carbocycles. The van der Waals surface area contributed by atoms with Gasteiger partial charge >= 0.3 is 0 Å². The molecule has 0 radical (unpaired) electrons. The number of rotatable bonds is 6. The average Bonchev–Trinajstić information content (AvgIpc) is 3.55. The van der Waals surface area contributed by atoms with Crippen molar-refractivity contribution in [1.82, 2.24) is 14.4 Å². The lowest BCUT2D eigenvalue weighted by Gasteiger charge is -2.35. The first-order valence-electron chi connectivity index (χ1n) is 13.3. The van der Waals surface area contributed by atoms with Crippen molar-refractivity contribution in [3.63, 3.8) is 0 Å². The Morgan fingerprint density at radius 3 is 2.39 bits per heavy atom. The molecule has 0 aliphatic carbocycles. The van der Waals surface area contributed by atoms with Crippen LogP contribution in [0.2, 0.25) is 5.02 Å². The van der Waals surface area contributed by atoms with Crippen LogP contribution >= 0.6 is 24.0 Å². The molecule has 3 heterocycles. The standard InChI is InChI=1S/C31H30ClN3O5.ClH/c1-20-25(26-16-24(38-2)8-9-27(26)35(20)31(37)22-4-6-23(32)7-5-22)17-30(36)34-13-11-33(12-14-34)18-21-3-10-28-29(15-21)40-19-39-28;/h3-10,15-16H,11-14,17-19H2,1-2H3;1H. The van der Waals surface area contributed by atoms with Gasteiger partial charge in [0.05, 0.1) is 19.0 Å². The summed E-state index contributed by atoms with van der Waals surface area (Å²) in [6, 6.07) is 18.5. The minimum absolute atomic E-state index is 0. The summed E-state index contributed by atoms with van der Waals surface area (Å²) in [5.41, 5.74) is 4.01. The molecule has 1 fully saturated rings. The predicted octanol–water partition coefficient (Wildman–Crippen LogP) is 5.34. The Morgan fingerprint density at radius 2 is 1.66 bits per heavy atom. The molecule has 0 spiro atoms. The Bertz CT molecular complexity index is 1590. The molecule has 41 heavy (non-hydrogen) atoms. The highest BCUT2D eigenvalue weighted by Gasteiger charge is 2.26. The van der Waals surface area contributed by atoms with Gasteiger partial charge in [0.1, 0.15) is 5.75 Å². The van der Waals surface area contributed by atoms with Crippen LogP contribution in [0.5, 0.6) is 17.2 Å². The van der Waals surface area contributed by atoms with Crippen LogP contribution in [0.1, 0.15) is 27.2 Å². The molecule has 214 valence electrons. The van der Waals surface area contributed by atoms with Crippen LogP contribution in [-0.4, -0.2) is 66.3 Å². The summed E-state index contributed by atoms with van der Waals surface area (Å²) >= 11 is 6.04. The van der Waals surface area contributed by atoms with E-state index < -0.39 is 0 Å². The number of hydrogen-bond donors (Lipinski definition) is 0. The molecule has 0 bridgehead atoms. The van der Waals surface area contributed by atoms with Crippen molar-refractivity contribution in [2.75, 3.05) is 40.1 Å². The molecular weight excluding hydrogens is 565 g/mol. The number of hydrogen-bond acceptors (Lipinski definition) is 6. The van der Waals surface area contributed by atoms with E-state index in [1.165, 1.54) is 0 Å². The summed E-state index contributed by atoms with van der Waals surface area (Å²) in [6.45, 7) is 5.81. The van der Waals surface area contributed by atoms with Crippen molar-refractivity contribution in [3.8, 4) is 17.2 Å². The number of ether oxygens (including phenoxy) is 3. The smallest absolute Gasteiger partial charge is 0.262 e. The fourth-order valence-corrected chi connectivity index (χ4v) is 5.64. The molecule has 0 N–H and O–H groups in total. The second-order valence-electron chi connectivity index (χ2n) is 10.1. The maximum Gasteiger partial charge on any atom is 0.262 e. The van der Waals surface area contributed by atoms with Gasteiger partial charge in [0.2, 0.25) is 12.7 Å². The van der Waals surface area contributed by atoms with Crippen molar-refractivity contribution < 1.29 is 23.8 Å². The number of carbonyl (C=O) groups is 2. The number of benzene rings is 3. The lowest BCUT2D eigenvalue weighted by atomic mass is 10.1. The number of carbonyl (C=O) groups excluding carboxylic acids is 2. The molecule has 1 aromatic heterocycles. The van der Waals surface area contributed by atoms with E-state index in [1.807, 2.05) is 42.2 Å². The van der Waals surface area contributed by atoms with Gasteiger partial charge in [-0.2, -0.15) is 0 Å². The Morgan fingerprint density at radius 1 is 0.927 bits per heavy atom. The molecule has 2 aliphatic heterocycles. The van der Waals surface area contributed by atoms with Crippen LogP contribution in [0.15, 0.2) is 60.7 Å². The van der Waals surface area contributed by atoms with E-state index >= 15 is 0 Å². The van der Waals surface area contributed by atoms with Crippen LogP contribution < -0.4 is 14.2 Å². The third kappa shape index (κ3) is 5.73. The molecule has 6 rings (SSSR count). The minimum atomic E-state index is -0.167. The maximum atomic E-state index is 13.6. The molecular formula is C31H31Cl2N3O5. The molecule has 10 heteroatoms. The van der Waals surface area contributed by atoms with Crippen LogP contribution in [0.3, 0.4) is 0 Å². The second kappa shape index (κ2) is 12.0. The molecule has 1 amide bonds. The lowest BCUT2D eigenvalue weighted by molar-refractivity contribution is -0.132. The van der Waals surface area contributed by atoms with E-state index in [-0.39, 0.29) is 37.4 Å². The minimum Gasteiger partial charge on any atom is -0.497 e. The van der Waals surface area contributed by atoms with Crippen LogP contribution in [0.25, 0.3) is 10.9 Å². The number of amides is 1. The highest BCUT2D eigenvalue weighted by molar-refractivity contribution is 6.30. The second-order valence-corrected chi connectivity index (χ2v) is 10.6. The predicted molar refractivity (Wildman–Crippen MR) is 160 cm³/mol. The summed E-state index contributed by atoms with van der Waals surface area (Å²) in [5, 5.41) is 1.41. The SMILES string of the molecule is COc1ccc2c(c1)c(CC(=O)N1CCN(Cc3ccc4c(c3)OCO4)CC1)c(C)n2C(=O)c1ccc(Cl)cc1.Cl. The average molecular weight is 597 g/mol. The quantitative estimate of drug-likeness (QED) is 0.300. The largest absolute Gasteiger partial charge is 0.497 e. The monoisotopic (exact) mass is 595 g/mol. The fourth-order valence-electron chi connectivity index (χ4n) is 5.51. The zero-order valence-electron chi connectivity index (χ0n) is 22.9. The molecule has 0 unspecified atom stereocenters. The van der Waals surface area contributed by atoms with Crippen molar-refractivity contribution >= 4 is 46.7 Å². The number of methoxy groups -OCH3 is 1. The van der Waals surface area contributed by atoms with E-state index in [0.29, 0.717) is 29.4 Å². The number of aromatic nitrogens is 1. The Hall–Kier alpha value is -3.72. The molecule has 3 aromatic carbocycles. The first-order chi connectivity index (χ1) is 19.4. The topological polar surface area (TPSA) is 73.2 Å². The van der Waals surface area contributed by atoms with Crippen molar-refractivity contribution in [1.29, 1.82) is 0 Å². The Kier molecular flexibility index (Phi) is 8.45. The van der Waals surface area contributed by atoms with Gasteiger partial charge in [-0.3, -0.25) is 19.1 Å². The first-order valence-corrected chi connectivity index (χ1v) is 13.7. The summed E-state index contributed by atoms with van der Waals surface area (Å²) in [5.74, 6) is 2.12. The van der Waals surface area contributed by atoms with Gasteiger partial charge in [0.25, 0.3) is 5.91 Å². The van der Waals surface area contributed by atoms with Gasteiger partial charge in [0.15, 0.2) is 11.5 Å². The van der Waals surface area contributed by atoms with E-state index in [9.17, 15) is 9.59 Å². The first kappa shape index (κ1) is 28.8. The zero-order valence-corrected chi connectivity index (χ0v) is 24.5. The highest BCUT2D eigenvalue weighted by Crippen LogP contribution is 2.33. The molecule has 4 aromatic rings. The third-order valence-corrected chi connectivity index (χ3v) is 7.98. The van der Waals surface area contributed by atoms with Gasteiger partial charge < -0.3 is 19.1 Å². The zero-order chi connectivity index (χ0) is 27.8. The van der Waals surface area contributed by atoms with Crippen LogP contribution in [0, 0.1) is 6.92 Å². The maximum absolute atomic E-state index is 13.6. The van der Waals surface area contributed by atoms with E-state index in [0.717, 1.165) is 58.9 Å². The van der Waals surface area contributed by atoms with Gasteiger partial charge in [-0.1, -0.05) is 17.7 Å². The van der Waals surface area contributed by atoms with Crippen LogP contribution in [-0.2, 0) is 17.8 Å². The van der Waals surface area contributed by atoms with E-state index in [2.05, 4.69) is 11.0 Å². The highest BCUT2D eigenvalue weighted by atomic mass is 35.5. The summed E-state index contributed by atoms with van der Waals surface area (Å²) in [6.07, 6.45) is 0.207. The normalized spacial score (nSPS) is 14.7. The third-order valence-electron chi connectivity index (χ3n) is 7.73. The van der Waals surface area contributed by atoms with Crippen molar-refractivity contribution in [2.45, 2.75) is 19.9 Å². The molecule has 2 aliphatic rings. The van der Waals surface area contributed by atoms with Crippen molar-refractivity contribution in [2.24, 2.45) is 0 Å². The molecule has 1 saturated heterocycles. The Labute approximate surface area is 249 Å². The number of piperazine rings is 1. The number of halogens is 2. The molecule has 0 atom stereocenters. The number of fused-ring (bicyclic) bond motifs is 2. The fraction of sp³-hybridized carbons (Fsp3) is 0.290. The van der Waals surface area contributed by atoms with Gasteiger partial charge in [0, 0.05) is 54.4 Å². The van der Waals surface area contributed by atoms with Gasteiger partial charge in [-0.05, 0) is 72.6 Å². The molecule has 8 nitrogen and oxygen atoms in total. The lowest BCUT2D eigenvalue weighted by Crippen LogP contribution is -2.48. The summed E-state index contributed by atoms with van der Waals surface area (Å²) in [7, 11) is 1.61. The van der Waals surface area contributed by atoms with Crippen molar-refractivity contribution in [3.05, 3.63) is 88.1 Å². The number of nitrogens with zero attached hydrogens (tertiary/aromatic N) is 3. The van der Waals surface area contributed by atoms with E-state index in [4.69, 9.17) is 25.8 Å². The van der Waals surface area contributed by atoms with E-state index in [1.54, 1.807) is 35.9 Å². The Balaban J connectivity index is 0.00000337. The van der Waals surface area contributed by atoms with Crippen LogP contribution in [0.4, 0.5) is 0 Å². The van der Waals surface area contributed by atoms with Gasteiger partial charge in [-0.15, -0.1) is 12.4 Å².